The van der Waals surface area contributed by atoms with Gasteiger partial charge >= 0.3 is 0 Å². The maximum atomic E-state index is 13.5. The van der Waals surface area contributed by atoms with E-state index in [-0.39, 0.29) is 5.78 Å². The number of hydrogen-bond acceptors (Lipinski definition) is 7. The summed E-state index contributed by atoms with van der Waals surface area (Å²) in [6.45, 7) is 14.7. The van der Waals surface area contributed by atoms with Crippen molar-refractivity contribution < 1.29 is 4.79 Å². The van der Waals surface area contributed by atoms with Crippen LogP contribution in [-0.2, 0) is 6.42 Å². The molecule has 210 valence electrons. The zero-order valence-electron chi connectivity index (χ0n) is 23.8. The van der Waals surface area contributed by atoms with Crippen molar-refractivity contribution in [2.45, 2.75) is 72.3 Å². The molecule has 1 saturated carbocycles. The molecule has 5 rings (SSSR count). The number of anilines is 2. The smallest absolute Gasteiger partial charge is 0.169 e. The Morgan fingerprint density at radius 2 is 1.69 bits per heavy atom. The number of thiazole rings is 1. The lowest BCUT2D eigenvalue weighted by Crippen LogP contribution is -2.50. The van der Waals surface area contributed by atoms with Crippen molar-refractivity contribution in [3.63, 3.8) is 0 Å². The third-order valence-corrected chi connectivity index (χ3v) is 10.8. The average Bonchev–Trinajstić information content (AvgIpc) is 3.57. The van der Waals surface area contributed by atoms with E-state index in [0.29, 0.717) is 6.42 Å². The Morgan fingerprint density at radius 1 is 1.03 bits per heavy atom. The van der Waals surface area contributed by atoms with Gasteiger partial charge in [0, 0.05) is 61.9 Å². The molecule has 8 heteroatoms. The zero-order chi connectivity index (χ0) is 27.5. The maximum Gasteiger partial charge on any atom is 0.169 e. The number of ketones is 1. The highest BCUT2D eigenvalue weighted by Gasteiger charge is 2.28. The molecule has 1 aliphatic carbocycles. The summed E-state index contributed by atoms with van der Waals surface area (Å²) in [4.78, 5) is 27.2. The Kier molecular flexibility index (Phi) is 9.32. The van der Waals surface area contributed by atoms with E-state index in [2.05, 4.69) is 54.5 Å². The van der Waals surface area contributed by atoms with Gasteiger partial charge in [0.1, 0.15) is 15.7 Å². The molecule has 3 aromatic rings. The molecule has 0 amide bonds. The molecular formula is C31H41ClN4OS2. The number of carbonyl (C=O) groups excluding carboxylic acids is 1. The van der Waals surface area contributed by atoms with Crippen molar-refractivity contribution in [1.29, 1.82) is 0 Å². The molecule has 0 bridgehead atoms. The molecule has 1 aliphatic heterocycles. The van der Waals surface area contributed by atoms with Crippen molar-refractivity contribution in [2.75, 3.05) is 49.1 Å². The van der Waals surface area contributed by atoms with Crippen LogP contribution in [0.2, 0.25) is 5.02 Å². The van der Waals surface area contributed by atoms with Gasteiger partial charge in [-0.05, 0) is 69.9 Å². The summed E-state index contributed by atoms with van der Waals surface area (Å²) in [5.74, 6) is 0.130. The number of rotatable bonds is 9. The fraction of sp³-hybridized carbons (Fsp3) is 0.548. The van der Waals surface area contributed by atoms with Crippen LogP contribution >= 0.6 is 34.3 Å². The first-order valence-electron chi connectivity index (χ1n) is 14.5. The molecule has 1 saturated heterocycles. The number of hydrogen-bond donors (Lipinski definition) is 0. The van der Waals surface area contributed by atoms with Crippen molar-refractivity contribution in [3.8, 4) is 10.6 Å². The van der Waals surface area contributed by atoms with E-state index >= 15 is 0 Å². The van der Waals surface area contributed by atoms with Crippen LogP contribution in [0.1, 0.15) is 72.4 Å². The molecule has 3 heterocycles. The average molecular weight is 585 g/mol. The van der Waals surface area contributed by atoms with Gasteiger partial charge in [0.15, 0.2) is 5.78 Å². The quantitative estimate of drug-likeness (QED) is 0.239. The minimum Gasteiger partial charge on any atom is -0.372 e. The highest BCUT2D eigenvalue weighted by molar-refractivity contribution is 7.18. The largest absolute Gasteiger partial charge is 0.372 e. The highest BCUT2D eigenvalue weighted by atomic mass is 35.5. The second-order valence-electron chi connectivity index (χ2n) is 10.9. The maximum absolute atomic E-state index is 13.5. The normalized spacial score (nSPS) is 17.1. The van der Waals surface area contributed by atoms with Gasteiger partial charge in [-0.1, -0.05) is 30.9 Å². The van der Waals surface area contributed by atoms with Crippen molar-refractivity contribution >= 4 is 50.7 Å². The zero-order valence-corrected chi connectivity index (χ0v) is 26.2. The van der Waals surface area contributed by atoms with Gasteiger partial charge in [0.05, 0.1) is 16.3 Å². The number of aryl methyl sites for hydroxylation is 2. The summed E-state index contributed by atoms with van der Waals surface area (Å²) >= 11 is 9.63. The van der Waals surface area contributed by atoms with Gasteiger partial charge in [-0.3, -0.25) is 9.69 Å². The van der Waals surface area contributed by atoms with Gasteiger partial charge in [-0.25, -0.2) is 4.98 Å². The van der Waals surface area contributed by atoms with E-state index in [9.17, 15) is 4.79 Å². The van der Waals surface area contributed by atoms with Crippen molar-refractivity contribution in [3.05, 3.63) is 50.3 Å². The Labute approximate surface area is 246 Å². The number of benzene rings is 1. The summed E-state index contributed by atoms with van der Waals surface area (Å²) in [6.07, 6.45) is 7.16. The lowest BCUT2D eigenvalue weighted by atomic mass is 9.94. The highest BCUT2D eigenvalue weighted by Crippen LogP contribution is 2.41. The van der Waals surface area contributed by atoms with Crippen molar-refractivity contribution in [2.24, 2.45) is 0 Å². The third-order valence-electron chi connectivity index (χ3n) is 8.35. The number of carbonyl (C=O) groups is 1. The summed E-state index contributed by atoms with van der Waals surface area (Å²) < 4.78 is 0. The molecule has 1 aromatic carbocycles. The van der Waals surface area contributed by atoms with E-state index < -0.39 is 0 Å². The predicted octanol–water partition coefficient (Wildman–Crippen LogP) is 7.87. The first-order valence-corrected chi connectivity index (χ1v) is 16.6. The monoisotopic (exact) mass is 584 g/mol. The Bertz CT molecular complexity index is 1260. The first-order chi connectivity index (χ1) is 18.9. The van der Waals surface area contributed by atoms with Crippen LogP contribution in [0.3, 0.4) is 0 Å². The molecule has 5 nitrogen and oxygen atoms in total. The number of piperazine rings is 1. The Morgan fingerprint density at radius 3 is 2.28 bits per heavy atom. The van der Waals surface area contributed by atoms with E-state index in [1.807, 2.05) is 11.4 Å². The minimum absolute atomic E-state index is 0.130. The number of aromatic nitrogens is 1. The summed E-state index contributed by atoms with van der Waals surface area (Å²) in [5, 5.41) is 4.78. The van der Waals surface area contributed by atoms with Gasteiger partial charge < -0.3 is 9.80 Å². The molecule has 0 spiro atoms. The van der Waals surface area contributed by atoms with Gasteiger partial charge in [-0.15, -0.1) is 22.7 Å². The lowest BCUT2D eigenvalue weighted by Gasteiger charge is -2.41. The van der Waals surface area contributed by atoms with Gasteiger partial charge in [0.25, 0.3) is 0 Å². The van der Waals surface area contributed by atoms with Crippen LogP contribution in [0.4, 0.5) is 10.7 Å². The second-order valence-corrected chi connectivity index (χ2v) is 13.3. The number of Topliss-reactive ketones (excluding diaryl/α,β-unsaturated/α-hetero) is 1. The van der Waals surface area contributed by atoms with Crippen LogP contribution in [0, 0.1) is 13.8 Å². The Balaban J connectivity index is 1.36. The fourth-order valence-corrected chi connectivity index (χ4v) is 8.63. The number of halogens is 1. The summed E-state index contributed by atoms with van der Waals surface area (Å²) in [5.41, 5.74) is 5.32. The molecule has 0 unspecified atom stereocenters. The topological polar surface area (TPSA) is 39.7 Å². The molecule has 2 aromatic heterocycles. The van der Waals surface area contributed by atoms with E-state index in [1.165, 1.54) is 42.8 Å². The lowest BCUT2D eigenvalue weighted by molar-refractivity contribution is 0.0993. The molecule has 0 N–H and O–H groups in total. The Hall–Kier alpha value is -1.93. The van der Waals surface area contributed by atoms with Crippen LogP contribution in [0.25, 0.3) is 10.6 Å². The SMILES string of the molecule is CCN(CC)c1c(C)cc(C(=O)Cc2nc(-c3cc(Cl)cs3)c(N3CCN(C4CCCCC4)CC3)s2)cc1C. The fourth-order valence-electron chi connectivity index (χ4n) is 6.37. The van der Waals surface area contributed by atoms with Crippen LogP contribution < -0.4 is 9.80 Å². The summed E-state index contributed by atoms with van der Waals surface area (Å²) in [7, 11) is 0. The standard InChI is InChI=1S/C31H41ClN4OS2/c1-5-34(6-2)30-21(3)16-23(17-22(30)4)26(37)19-28-33-29(27-18-24(32)20-38-27)31(39-28)36-14-12-35(13-15-36)25-10-8-7-9-11-25/h16-18,20,25H,5-15,19H2,1-4H3. The minimum atomic E-state index is 0.130. The molecular weight excluding hydrogens is 544 g/mol. The predicted molar refractivity (Wildman–Crippen MR) is 169 cm³/mol. The first kappa shape index (κ1) is 28.6. The molecule has 0 radical (unpaired) electrons. The van der Waals surface area contributed by atoms with E-state index in [1.54, 1.807) is 22.7 Å². The number of nitrogens with zero attached hydrogens (tertiary/aromatic N) is 4. The van der Waals surface area contributed by atoms with Gasteiger partial charge in [-0.2, -0.15) is 0 Å². The van der Waals surface area contributed by atoms with E-state index in [4.69, 9.17) is 16.6 Å². The molecule has 2 aliphatic rings. The third kappa shape index (κ3) is 6.37. The second kappa shape index (κ2) is 12.7. The van der Waals surface area contributed by atoms with Crippen LogP contribution in [0.15, 0.2) is 23.6 Å². The van der Waals surface area contributed by atoms with Crippen LogP contribution in [-0.4, -0.2) is 61.0 Å². The van der Waals surface area contributed by atoms with E-state index in [0.717, 1.165) is 82.6 Å². The number of thiophene rings is 1. The molecule has 39 heavy (non-hydrogen) atoms. The molecule has 2 fully saturated rings. The summed E-state index contributed by atoms with van der Waals surface area (Å²) in [6, 6.07) is 6.88. The van der Waals surface area contributed by atoms with Gasteiger partial charge in [0.2, 0.25) is 0 Å². The van der Waals surface area contributed by atoms with Crippen LogP contribution in [0.5, 0.6) is 0 Å². The molecule has 0 atom stereocenters. The van der Waals surface area contributed by atoms with Crippen molar-refractivity contribution in [1.82, 2.24) is 9.88 Å².